The van der Waals surface area contributed by atoms with Crippen molar-refractivity contribution in [1.29, 1.82) is 0 Å². The molecule has 0 spiro atoms. The molecule has 4 amide bonds. The van der Waals surface area contributed by atoms with Gasteiger partial charge in [0.05, 0.1) is 18.8 Å². The molecule has 3 aromatic carbocycles. The van der Waals surface area contributed by atoms with E-state index in [1.165, 1.54) is 5.56 Å². The van der Waals surface area contributed by atoms with Gasteiger partial charge in [-0.05, 0) is 90.8 Å². The number of primary amides is 1. The van der Waals surface area contributed by atoms with E-state index in [2.05, 4.69) is 47.0 Å². The van der Waals surface area contributed by atoms with Gasteiger partial charge in [-0.25, -0.2) is 4.79 Å². The number of nitrogens with two attached hydrogens (primary N) is 2. The number of nitrogens with one attached hydrogen (secondary N) is 2. The van der Waals surface area contributed by atoms with Gasteiger partial charge in [0.1, 0.15) is 18.7 Å². The van der Waals surface area contributed by atoms with Gasteiger partial charge in [-0.1, -0.05) is 92.6 Å². The summed E-state index contributed by atoms with van der Waals surface area (Å²) in [4.78, 5) is 55.1. The van der Waals surface area contributed by atoms with Crippen molar-refractivity contribution in [2.75, 3.05) is 19.7 Å². The second-order valence-corrected chi connectivity index (χ2v) is 15.1. The highest BCUT2D eigenvalue weighted by Gasteiger charge is 2.57. The maximum absolute atomic E-state index is 14.2. The van der Waals surface area contributed by atoms with Crippen LogP contribution in [0.1, 0.15) is 87.0 Å². The third-order valence-corrected chi connectivity index (χ3v) is 11.3. The smallest absolute Gasteiger partial charge is 0.407 e. The Kier molecular flexibility index (Phi) is 14.7. The number of alkyl carbamates (subject to hydrolysis) is 1. The van der Waals surface area contributed by atoms with Gasteiger partial charge >= 0.3 is 6.09 Å². The molecule has 1 aliphatic heterocycles. The van der Waals surface area contributed by atoms with Gasteiger partial charge in [-0.15, -0.1) is 12.4 Å². The number of hydrogen-bond acceptors (Lipinski definition) is 7. The van der Waals surface area contributed by atoms with E-state index in [1.54, 1.807) is 4.90 Å². The Hall–Kier alpha value is -4.45. The predicted molar refractivity (Wildman–Crippen MR) is 214 cm³/mol. The minimum atomic E-state index is -0.831. The molecule has 11 nitrogen and oxygen atoms in total. The summed E-state index contributed by atoms with van der Waals surface area (Å²) < 4.78 is 12.0. The van der Waals surface area contributed by atoms with Crippen LogP contribution in [0.2, 0.25) is 0 Å². The van der Waals surface area contributed by atoms with Gasteiger partial charge in [0.15, 0.2) is 0 Å². The normalized spacial score (nSPS) is 19.5. The summed E-state index contributed by atoms with van der Waals surface area (Å²) in [6.07, 6.45) is 3.99. The number of halogens is 1. The van der Waals surface area contributed by atoms with Gasteiger partial charge < -0.3 is 36.5 Å². The molecule has 6 N–H and O–H groups in total. The Morgan fingerprint density at radius 3 is 2.18 bits per heavy atom. The number of hydrogen-bond donors (Lipinski definition) is 4. The van der Waals surface area contributed by atoms with Crippen LogP contribution in [0.15, 0.2) is 72.8 Å². The van der Waals surface area contributed by atoms with E-state index in [4.69, 9.17) is 20.9 Å². The van der Waals surface area contributed by atoms with Crippen molar-refractivity contribution < 1.29 is 28.7 Å². The van der Waals surface area contributed by atoms with Crippen LogP contribution < -0.4 is 22.1 Å². The fourth-order valence-electron chi connectivity index (χ4n) is 8.12. The molecule has 12 heteroatoms. The molecule has 0 radical (unpaired) electrons. The Morgan fingerprint density at radius 1 is 0.891 bits per heavy atom. The quantitative estimate of drug-likeness (QED) is 0.123. The topological polar surface area (TPSA) is 166 Å². The molecule has 0 bridgehead atoms. The molecule has 55 heavy (non-hydrogen) atoms. The predicted octanol–water partition coefficient (Wildman–Crippen LogP) is 5.60. The van der Waals surface area contributed by atoms with E-state index in [-0.39, 0.29) is 55.0 Å². The van der Waals surface area contributed by atoms with Crippen LogP contribution in [0.25, 0.3) is 11.1 Å². The Labute approximate surface area is 330 Å². The number of amides is 4. The van der Waals surface area contributed by atoms with Gasteiger partial charge in [0, 0.05) is 18.9 Å². The second kappa shape index (κ2) is 19.4. The number of likely N-dealkylation sites (tertiary alicyclic amines) is 1. The van der Waals surface area contributed by atoms with Gasteiger partial charge in [-0.2, -0.15) is 0 Å². The Bertz CT molecular complexity index is 1740. The summed E-state index contributed by atoms with van der Waals surface area (Å²) in [5.41, 5.74) is 17.9. The summed E-state index contributed by atoms with van der Waals surface area (Å²) in [6.45, 7) is 5.48. The first-order valence-electron chi connectivity index (χ1n) is 19.6. The van der Waals surface area contributed by atoms with Crippen LogP contribution in [0.5, 0.6) is 0 Å². The number of rotatable bonds is 19. The number of benzene rings is 3. The van der Waals surface area contributed by atoms with Crippen molar-refractivity contribution in [2.45, 2.75) is 102 Å². The molecule has 6 rings (SSSR count). The lowest BCUT2D eigenvalue weighted by molar-refractivity contribution is -0.142. The number of nitrogens with zero attached hydrogens (tertiary/aromatic N) is 1. The molecule has 1 heterocycles. The average Bonchev–Trinajstić information content (AvgIpc) is 3.72. The van der Waals surface area contributed by atoms with E-state index in [9.17, 15) is 19.2 Å². The molecule has 0 unspecified atom stereocenters. The zero-order valence-corrected chi connectivity index (χ0v) is 32.7. The monoisotopic (exact) mass is 773 g/mol. The van der Waals surface area contributed by atoms with Crippen molar-refractivity contribution in [2.24, 2.45) is 23.3 Å². The van der Waals surface area contributed by atoms with E-state index >= 15 is 0 Å². The highest BCUT2D eigenvalue weighted by atomic mass is 35.5. The van der Waals surface area contributed by atoms with Crippen molar-refractivity contribution in [1.82, 2.24) is 15.5 Å². The number of piperidine rings is 1. The maximum atomic E-state index is 14.2. The Morgan fingerprint density at radius 2 is 1.55 bits per heavy atom. The van der Waals surface area contributed by atoms with Crippen LogP contribution in [0.4, 0.5) is 4.79 Å². The lowest BCUT2D eigenvalue weighted by Crippen LogP contribution is -2.57. The van der Waals surface area contributed by atoms with E-state index in [0.717, 1.165) is 59.9 Å². The molecular weight excluding hydrogens is 718 g/mol. The Balaban J connectivity index is 0.00000580. The zero-order chi connectivity index (χ0) is 38.2. The second-order valence-electron chi connectivity index (χ2n) is 15.1. The molecule has 1 saturated carbocycles. The molecule has 6 atom stereocenters. The third-order valence-electron chi connectivity index (χ3n) is 11.3. The number of ether oxygens (including phenoxy) is 2. The first-order valence-corrected chi connectivity index (χ1v) is 19.6. The van der Waals surface area contributed by atoms with E-state index in [1.807, 2.05) is 50.2 Å². The highest BCUT2D eigenvalue weighted by molar-refractivity contribution is 5.93. The van der Waals surface area contributed by atoms with Crippen LogP contribution in [0, 0.1) is 11.8 Å². The maximum Gasteiger partial charge on any atom is 0.407 e. The molecule has 2 aliphatic carbocycles. The van der Waals surface area contributed by atoms with Gasteiger partial charge in [0.2, 0.25) is 17.7 Å². The SMILES string of the molecule is CCCC[C@H](NC(=O)OCC1c2ccccc2-c2ccccc21)C(=O)N1C[C@H]2C[C@H]2[C@H]1C(=O)N[C@@H](CCC(N)=O)[C@@H](C)OCc1ccc(CCCN)cc1.Cl. The summed E-state index contributed by atoms with van der Waals surface area (Å²) in [6, 6.07) is 22.5. The summed E-state index contributed by atoms with van der Waals surface area (Å²) in [5.74, 6) is -0.854. The first kappa shape index (κ1) is 41.7. The number of unbranched alkanes of at least 4 members (excludes halogenated alkanes) is 1. The fraction of sp³-hybridized carbons (Fsp3) is 0.488. The standard InChI is InChI=1S/C43H55N5O6.ClH/c1-3-4-15-38(47-43(52)54-26-36-33-13-7-5-11-31(33)32-12-6-8-14-34(32)36)42(51)48-24-30-23-35(30)40(48)41(50)46-37(20-21-39(45)49)27(2)53-25-29-18-16-28(17-19-29)10-9-22-44;/h5-8,11-14,16-19,27,30,35-38,40H,3-4,9-10,15,20-26,44H2,1-2H3,(H2,45,49)(H,46,50)(H,47,52);1H/t27-,30-,35-,37+,38+,40+;/m1./s1. The van der Waals surface area contributed by atoms with Gasteiger partial charge in [0.25, 0.3) is 0 Å². The number of carbonyl (C=O) groups is 4. The molecule has 3 aliphatic rings. The molecule has 296 valence electrons. The largest absolute Gasteiger partial charge is 0.449 e. The summed E-state index contributed by atoms with van der Waals surface area (Å²) in [7, 11) is 0. The molecule has 2 fully saturated rings. The molecular formula is C43H56ClN5O6. The van der Waals surface area contributed by atoms with E-state index in [0.29, 0.717) is 32.5 Å². The van der Waals surface area contributed by atoms with Crippen LogP contribution >= 0.6 is 12.4 Å². The average molecular weight is 774 g/mol. The van der Waals surface area contributed by atoms with E-state index < -0.39 is 36.2 Å². The lowest BCUT2D eigenvalue weighted by Gasteiger charge is -2.33. The van der Waals surface area contributed by atoms with Crippen molar-refractivity contribution in [3.63, 3.8) is 0 Å². The van der Waals surface area contributed by atoms with Gasteiger partial charge in [-0.3, -0.25) is 14.4 Å². The van der Waals surface area contributed by atoms with Crippen molar-refractivity contribution in [3.8, 4) is 11.1 Å². The number of carbonyl (C=O) groups excluding carboxylic acids is 4. The minimum absolute atomic E-state index is 0. The molecule has 3 aromatic rings. The third kappa shape index (κ3) is 10.2. The van der Waals surface area contributed by atoms with Crippen molar-refractivity contribution >= 4 is 36.2 Å². The number of aryl methyl sites for hydroxylation is 1. The van der Waals surface area contributed by atoms with Crippen LogP contribution in [-0.2, 0) is 36.9 Å². The van der Waals surface area contributed by atoms with Crippen LogP contribution in [-0.4, -0.2) is 72.6 Å². The number of fused-ring (bicyclic) bond motifs is 4. The molecule has 0 aromatic heterocycles. The zero-order valence-electron chi connectivity index (χ0n) is 31.9. The summed E-state index contributed by atoms with van der Waals surface area (Å²) >= 11 is 0. The highest BCUT2D eigenvalue weighted by Crippen LogP contribution is 2.50. The van der Waals surface area contributed by atoms with Crippen molar-refractivity contribution in [3.05, 3.63) is 95.1 Å². The minimum Gasteiger partial charge on any atom is -0.449 e. The fourth-order valence-corrected chi connectivity index (χ4v) is 8.12. The van der Waals surface area contributed by atoms with Crippen LogP contribution in [0.3, 0.4) is 0 Å². The first-order chi connectivity index (χ1) is 26.2. The molecule has 1 saturated heterocycles. The summed E-state index contributed by atoms with van der Waals surface area (Å²) in [5, 5.41) is 5.99. The lowest BCUT2D eigenvalue weighted by atomic mass is 9.98.